The quantitative estimate of drug-likeness (QED) is 0.344. The van der Waals surface area contributed by atoms with Crippen molar-refractivity contribution in [3.8, 4) is 22.7 Å². The number of nitrogens with zero attached hydrogens (tertiary/aromatic N) is 3. The van der Waals surface area contributed by atoms with Crippen LogP contribution in [0, 0.1) is 6.92 Å². The lowest BCUT2D eigenvalue weighted by atomic mass is 10.0. The van der Waals surface area contributed by atoms with Crippen molar-refractivity contribution in [2.45, 2.75) is 39.3 Å². The summed E-state index contributed by atoms with van der Waals surface area (Å²) in [4.78, 5) is 20.2. The average molecular weight is 510 g/mol. The monoisotopic (exact) mass is 509 g/mol. The van der Waals surface area contributed by atoms with Crippen LogP contribution in [-0.4, -0.2) is 41.2 Å². The Labute approximate surface area is 211 Å². The molecule has 5 rings (SSSR count). The maximum Gasteiger partial charge on any atom is 0.573 e. The Balaban J connectivity index is 1.50. The van der Waals surface area contributed by atoms with Crippen molar-refractivity contribution in [3.05, 3.63) is 82.9 Å². The predicted molar refractivity (Wildman–Crippen MR) is 136 cm³/mol. The first kappa shape index (κ1) is 24.8. The van der Waals surface area contributed by atoms with Crippen LogP contribution >= 0.6 is 0 Å². The van der Waals surface area contributed by atoms with Crippen LogP contribution < -0.4 is 15.2 Å². The van der Waals surface area contributed by atoms with Gasteiger partial charge in [-0.2, -0.15) is 0 Å². The van der Waals surface area contributed by atoms with Gasteiger partial charge in [-0.15, -0.1) is 13.2 Å². The highest BCUT2D eigenvalue weighted by Crippen LogP contribution is 2.31. The van der Waals surface area contributed by atoms with Crippen molar-refractivity contribution in [2.75, 3.05) is 18.0 Å². The predicted octanol–water partition coefficient (Wildman–Crippen LogP) is 5.87. The second-order valence-electron chi connectivity index (χ2n) is 9.32. The average Bonchev–Trinajstić information content (AvgIpc) is 2.85. The minimum Gasteiger partial charge on any atom is -0.406 e. The third-order valence-electron chi connectivity index (χ3n) is 6.39. The Morgan fingerprint density at radius 2 is 1.57 bits per heavy atom. The maximum absolute atomic E-state index is 13.5. The Kier molecular flexibility index (Phi) is 6.41. The fraction of sp³-hybridized carbons (Fsp3) is 0.286. The van der Waals surface area contributed by atoms with E-state index >= 15 is 0 Å². The van der Waals surface area contributed by atoms with E-state index in [1.165, 1.54) is 30.5 Å². The summed E-state index contributed by atoms with van der Waals surface area (Å²) in [7, 11) is 0. The van der Waals surface area contributed by atoms with Crippen LogP contribution in [0.2, 0.25) is 0 Å². The molecule has 6 nitrogen and oxygen atoms in total. The molecule has 0 radical (unpaired) electrons. The standard InChI is InChI=1S/C28H26F3N3O3/c1-17-14-34(22-8-6-21(7-9-22)33-15-18(2)36-19(3)16-33)27(35)24-12-13-32-26(25(17)24)20-4-10-23(11-5-20)37-28(29,30)31/h4-14,18-19H,15-16H2,1-3H3. The molecular formula is C28H26F3N3O3. The molecule has 2 unspecified atom stereocenters. The Bertz CT molecular complexity index is 1470. The third-order valence-corrected chi connectivity index (χ3v) is 6.39. The summed E-state index contributed by atoms with van der Waals surface area (Å²) in [6.07, 6.45) is -1.17. The zero-order chi connectivity index (χ0) is 26.3. The van der Waals surface area contributed by atoms with Crippen LogP contribution in [0.1, 0.15) is 19.4 Å². The molecule has 192 valence electrons. The SMILES string of the molecule is Cc1cn(-c2ccc(N3CC(C)OC(C)C3)cc2)c(=O)c2ccnc(-c3ccc(OC(F)(F)F)cc3)c12. The van der Waals surface area contributed by atoms with Gasteiger partial charge in [0.1, 0.15) is 5.75 Å². The molecule has 0 aliphatic carbocycles. The smallest absolute Gasteiger partial charge is 0.406 e. The molecule has 4 aromatic rings. The first-order valence-electron chi connectivity index (χ1n) is 12.0. The van der Waals surface area contributed by atoms with Gasteiger partial charge in [0.15, 0.2) is 0 Å². The maximum atomic E-state index is 13.5. The number of alkyl halides is 3. The van der Waals surface area contributed by atoms with E-state index in [1.54, 1.807) is 16.8 Å². The number of ether oxygens (including phenoxy) is 2. The number of pyridine rings is 2. The van der Waals surface area contributed by atoms with Crippen LogP contribution in [0.25, 0.3) is 27.7 Å². The van der Waals surface area contributed by atoms with E-state index in [2.05, 4.69) is 28.5 Å². The van der Waals surface area contributed by atoms with Crippen LogP contribution in [0.3, 0.4) is 0 Å². The molecule has 0 N–H and O–H groups in total. The largest absolute Gasteiger partial charge is 0.573 e. The van der Waals surface area contributed by atoms with Crippen LogP contribution in [-0.2, 0) is 4.74 Å². The number of aromatic nitrogens is 2. The summed E-state index contributed by atoms with van der Waals surface area (Å²) in [5.74, 6) is -0.319. The van der Waals surface area contributed by atoms with E-state index in [0.29, 0.717) is 22.0 Å². The van der Waals surface area contributed by atoms with E-state index in [9.17, 15) is 18.0 Å². The summed E-state index contributed by atoms with van der Waals surface area (Å²) >= 11 is 0. The number of benzene rings is 2. The van der Waals surface area contributed by atoms with Gasteiger partial charge < -0.3 is 14.4 Å². The van der Waals surface area contributed by atoms with Crippen LogP contribution in [0.4, 0.5) is 18.9 Å². The molecule has 9 heteroatoms. The minimum absolute atomic E-state index is 0.144. The van der Waals surface area contributed by atoms with E-state index in [1.807, 2.05) is 31.2 Å². The fourth-order valence-corrected chi connectivity index (χ4v) is 4.92. The third kappa shape index (κ3) is 5.17. The zero-order valence-corrected chi connectivity index (χ0v) is 20.6. The van der Waals surface area contributed by atoms with Gasteiger partial charge >= 0.3 is 6.36 Å². The minimum atomic E-state index is -4.77. The lowest BCUT2D eigenvalue weighted by molar-refractivity contribution is -0.274. The van der Waals surface area contributed by atoms with Crippen molar-refractivity contribution >= 4 is 16.5 Å². The highest BCUT2D eigenvalue weighted by Gasteiger charge is 2.31. The van der Waals surface area contributed by atoms with Crippen molar-refractivity contribution in [2.24, 2.45) is 0 Å². The van der Waals surface area contributed by atoms with Crippen molar-refractivity contribution in [1.29, 1.82) is 0 Å². The number of hydrogen-bond donors (Lipinski definition) is 0. The topological polar surface area (TPSA) is 56.6 Å². The number of hydrogen-bond acceptors (Lipinski definition) is 5. The molecule has 1 saturated heterocycles. The van der Waals surface area contributed by atoms with Gasteiger partial charge in [0, 0.05) is 47.8 Å². The van der Waals surface area contributed by atoms with Gasteiger partial charge in [-0.1, -0.05) is 0 Å². The van der Waals surface area contributed by atoms with Gasteiger partial charge in [0.25, 0.3) is 5.56 Å². The summed E-state index contributed by atoms with van der Waals surface area (Å²) in [5.41, 5.74) is 3.51. The van der Waals surface area contributed by atoms with Crippen LogP contribution in [0.15, 0.2) is 71.8 Å². The molecule has 0 bridgehead atoms. The van der Waals surface area contributed by atoms with Crippen molar-refractivity contribution in [3.63, 3.8) is 0 Å². The number of anilines is 1. The summed E-state index contributed by atoms with van der Waals surface area (Å²) in [5, 5.41) is 1.13. The normalized spacial score (nSPS) is 18.3. The Morgan fingerprint density at radius 1 is 0.946 bits per heavy atom. The number of aryl methyl sites for hydroxylation is 1. The van der Waals surface area contributed by atoms with E-state index in [-0.39, 0.29) is 23.5 Å². The number of morpholine rings is 1. The summed E-state index contributed by atoms with van der Waals surface area (Å²) in [6, 6.07) is 15.0. The molecule has 37 heavy (non-hydrogen) atoms. The van der Waals surface area contributed by atoms with Crippen molar-refractivity contribution in [1.82, 2.24) is 9.55 Å². The first-order valence-corrected chi connectivity index (χ1v) is 12.0. The first-order chi connectivity index (χ1) is 17.6. The highest BCUT2D eigenvalue weighted by molar-refractivity contribution is 5.96. The molecule has 0 saturated carbocycles. The summed E-state index contributed by atoms with van der Waals surface area (Å²) < 4.78 is 48.9. The van der Waals surface area contributed by atoms with Gasteiger partial charge in [-0.05, 0) is 80.9 Å². The van der Waals surface area contributed by atoms with Gasteiger partial charge in [0.2, 0.25) is 0 Å². The molecule has 2 aromatic heterocycles. The molecule has 1 fully saturated rings. The molecular weight excluding hydrogens is 483 g/mol. The second-order valence-corrected chi connectivity index (χ2v) is 9.32. The molecule has 2 aromatic carbocycles. The van der Waals surface area contributed by atoms with E-state index in [4.69, 9.17) is 4.74 Å². The Morgan fingerprint density at radius 3 is 2.19 bits per heavy atom. The molecule has 0 spiro atoms. The number of halogens is 3. The lowest BCUT2D eigenvalue weighted by Crippen LogP contribution is -2.45. The van der Waals surface area contributed by atoms with Gasteiger partial charge in [-0.25, -0.2) is 0 Å². The van der Waals surface area contributed by atoms with Gasteiger partial charge in [-0.3, -0.25) is 14.3 Å². The second kappa shape index (κ2) is 9.55. The fourth-order valence-electron chi connectivity index (χ4n) is 4.92. The van der Waals surface area contributed by atoms with E-state index < -0.39 is 6.36 Å². The highest BCUT2D eigenvalue weighted by atomic mass is 19.4. The molecule has 3 heterocycles. The molecule has 1 aliphatic heterocycles. The number of rotatable bonds is 4. The summed E-state index contributed by atoms with van der Waals surface area (Å²) in [6.45, 7) is 7.61. The Hall–Kier alpha value is -3.85. The van der Waals surface area contributed by atoms with Crippen LogP contribution in [0.5, 0.6) is 5.75 Å². The molecule has 0 amide bonds. The zero-order valence-electron chi connectivity index (χ0n) is 20.6. The number of fused-ring (bicyclic) bond motifs is 1. The van der Waals surface area contributed by atoms with Crippen molar-refractivity contribution < 1.29 is 22.6 Å². The lowest BCUT2D eigenvalue weighted by Gasteiger charge is -2.36. The van der Waals surface area contributed by atoms with Gasteiger partial charge in [0.05, 0.1) is 23.3 Å². The molecule has 1 aliphatic rings. The molecule has 2 atom stereocenters. The van der Waals surface area contributed by atoms with E-state index in [0.717, 1.165) is 30.0 Å².